The third-order valence-corrected chi connectivity index (χ3v) is 3.17. The molecular weight excluding hydrogens is 302 g/mol. The standard InChI is InChI=1S/C17H18ClNO3/c1-11(2)22-14-6-4-5-13(10-14)19-17(20)12-7-8-16(21-3)15(18)9-12/h4-11H,1-3H3,(H,19,20). The highest BCUT2D eigenvalue weighted by Gasteiger charge is 2.10. The SMILES string of the molecule is COc1ccc(C(=O)Nc2cccc(OC(C)C)c2)cc1Cl. The Kier molecular flexibility index (Phi) is 5.28. The second kappa shape index (κ2) is 7.18. The molecule has 0 aromatic heterocycles. The Morgan fingerprint density at radius 3 is 2.59 bits per heavy atom. The van der Waals surface area contributed by atoms with Crippen molar-refractivity contribution < 1.29 is 14.3 Å². The van der Waals surface area contributed by atoms with Crippen molar-refractivity contribution in [3.8, 4) is 11.5 Å². The lowest BCUT2D eigenvalue weighted by Gasteiger charge is -2.12. The summed E-state index contributed by atoms with van der Waals surface area (Å²) in [6, 6.07) is 12.2. The zero-order valence-corrected chi connectivity index (χ0v) is 13.5. The summed E-state index contributed by atoms with van der Waals surface area (Å²) in [5.74, 6) is 0.998. The Bertz CT molecular complexity index is 671. The van der Waals surface area contributed by atoms with Crippen LogP contribution in [0.3, 0.4) is 0 Å². The van der Waals surface area contributed by atoms with E-state index < -0.39 is 0 Å². The number of nitrogens with one attached hydrogen (secondary N) is 1. The zero-order valence-electron chi connectivity index (χ0n) is 12.7. The molecular formula is C17H18ClNO3. The fourth-order valence-electron chi connectivity index (χ4n) is 1.93. The van der Waals surface area contributed by atoms with Gasteiger partial charge in [-0.05, 0) is 44.2 Å². The number of anilines is 1. The number of hydrogen-bond donors (Lipinski definition) is 1. The minimum Gasteiger partial charge on any atom is -0.495 e. The van der Waals surface area contributed by atoms with Crippen LogP contribution in [0, 0.1) is 0 Å². The molecule has 116 valence electrons. The highest BCUT2D eigenvalue weighted by Crippen LogP contribution is 2.25. The summed E-state index contributed by atoms with van der Waals surface area (Å²) in [6.45, 7) is 3.90. The second-order valence-electron chi connectivity index (χ2n) is 5.00. The van der Waals surface area contributed by atoms with Crippen LogP contribution in [0.4, 0.5) is 5.69 Å². The van der Waals surface area contributed by atoms with Crippen LogP contribution in [0.15, 0.2) is 42.5 Å². The molecule has 0 unspecified atom stereocenters. The van der Waals surface area contributed by atoms with Crippen LogP contribution in [0.1, 0.15) is 24.2 Å². The summed E-state index contributed by atoms with van der Waals surface area (Å²) < 4.78 is 10.7. The summed E-state index contributed by atoms with van der Waals surface area (Å²) in [4.78, 5) is 12.2. The van der Waals surface area contributed by atoms with Crippen molar-refractivity contribution in [1.82, 2.24) is 0 Å². The van der Waals surface area contributed by atoms with Gasteiger partial charge in [0, 0.05) is 17.3 Å². The van der Waals surface area contributed by atoms with Gasteiger partial charge in [-0.3, -0.25) is 4.79 Å². The van der Waals surface area contributed by atoms with E-state index in [1.165, 1.54) is 7.11 Å². The largest absolute Gasteiger partial charge is 0.495 e. The van der Waals surface area contributed by atoms with Gasteiger partial charge in [0.2, 0.25) is 0 Å². The number of carbonyl (C=O) groups is 1. The third kappa shape index (κ3) is 4.15. The number of benzene rings is 2. The number of methoxy groups -OCH3 is 1. The average molecular weight is 320 g/mol. The first-order valence-corrected chi connectivity index (χ1v) is 7.29. The molecule has 0 aliphatic heterocycles. The highest BCUT2D eigenvalue weighted by molar-refractivity contribution is 6.32. The maximum absolute atomic E-state index is 12.2. The lowest BCUT2D eigenvalue weighted by atomic mass is 10.2. The van der Waals surface area contributed by atoms with Crippen molar-refractivity contribution in [3.05, 3.63) is 53.1 Å². The number of rotatable bonds is 5. The Balaban J connectivity index is 2.13. The summed E-state index contributed by atoms with van der Waals surface area (Å²) in [5, 5.41) is 3.21. The van der Waals surface area contributed by atoms with E-state index in [-0.39, 0.29) is 12.0 Å². The molecule has 5 heteroatoms. The lowest BCUT2D eigenvalue weighted by molar-refractivity contribution is 0.102. The zero-order chi connectivity index (χ0) is 16.1. The van der Waals surface area contributed by atoms with Gasteiger partial charge in [-0.15, -0.1) is 0 Å². The molecule has 0 atom stereocenters. The quantitative estimate of drug-likeness (QED) is 0.889. The molecule has 0 fully saturated rings. The summed E-state index contributed by atoms with van der Waals surface area (Å²) in [7, 11) is 1.53. The number of amides is 1. The maximum atomic E-state index is 12.2. The molecule has 2 aromatic rings. The molecule has 0 aliphatic rings. The molecule has 2 rings (SSSR count). The fraction of sp³-hybridized carbons (Fsp3) is 0.235. The number of halogens is 1. The normalized spacial score (nSPS) is 10.4. The first-order valence-electron chi connectivity index (χ1n) is 6.91. The monoisotopic (exact) mass is 319 g/mol. The summed E-state index contributed by atoms with van der Waals surface area (Å²) in [5.41, 5.74) is 1.12. The van der Waals surface area contributed by atoms with E-state index in [4.69, 9.17) is 21.1 Å². The fourth-order valence-corrected chi connectivity index (χ4v) is 2.19. The second-order valence-corrected chi connectivity index (χ2v) is 5.41. The van der Waals surface area contributed by atoms with Crippen LogP contribution in [-0.2, 0) is 0 Å². The Morgan fingerprint density at radius 2 is 1.95 bits per heavy atom. The van der Waals surface area contributed by atoms with Gasteiger partial charge in [0.1, 0.15) is 11.5 Å². The van der Waals surface area contributed by atoms with E-state index in [2.05, 4.69) is 5.32 Å². The third-order valence-electron chi connectivity index (χ3n) is 2.88. The maximum Gasteiger partial charge on any atom is 0.255 e. The Labute approximate surface area is 135 Å². The molecule has 0 radical (unpaired) electrons. The lowest BCUT2D eigenvalue weighted by Crippen LogP contribution is -2.12. The van der Waals surface area contributed by atoms with E-state index in [1.807, 2.05) is 26.0 Å². The number of ether oxygens (including phenoxy) is 2. The molecule has 22 heavy (non-hydrogen) atoms. The molecule has 0 spiro atoms. The Morgan fingerprint density at radius 1 is 1.18 bits per heavy atom. The molecule has 4 nitrogen and oxygen atoms in total. The minimum absolute atomic E-state index is 0.0753. The molecule has 1 amide bonds. The van der Waals surface area contributed by atoms with Crippen LogP contribution in [0.2, 0.25) is 5.02 Å². The molecule has 2 aromatic carbocycles. The Hall–Kier alpha value is -2.20. The predicted octanol–water partition coefficient (Wildman–Crippen LogP) is 4.39. The first-order chi connectivity index (χ1) is 10.5. The van der Waals surface area contributed by atoms with Gasteiger partial charge >= 0.3 is 0 Å². The first kappa shape index (κ1) is 16.2. The minimum atomic E-state index is -0.244. The van der Waals surface area contributed by atoms with Crippen molar-refractivity contribution in [2.45, 2.75) is 20.0 Å². The molecule has 1 N–H and O–H groups in total. The van der Waals surface area contributed by atoms with Gasteiger partial charge in [-0.25, -0.2) is 0 Å². The van der Waals surface area contributed by atoms with Crippen molar-refractivity contribution in [2.75, 3.05) is 12.4 Å². The van der Waals surface area contributed by atoms with Crippen LogP contribution in [0.5, 0.6) is 11.5 Å². The van der Waals surface area contributed by atoms with E-state index >= 15 is 0 Å². The number of carbonyl (C=O) groups excluding carboxylic acids is 1. The van der Waals surface area contributed by atoms with Crippen LogP contribution >= 0.6 is 11.6 Å². The molecule has 0 saturated heterocycles. The average Bonchev–Trinajstić information content (AvgIpc) is 2.46. The summed E-state index contributed by atoms with van der Waals surface area (Å²) >= 11 is 6.03. The van der Waals surface area contributed by atoms with Crippen LogP contribution in [0.25, 0.3) is 0 Å². The van der Waals surface area contributed by atoms with E-state index in [9.17, 15) is 4.79 Å². The van der Waals surface area contributed by atoms with E-state index in [1.54, 1.807) is 30.3 Å². The summed E-state index contributed by atoms with van der Waals surface area (Å²) in [6.07, 6.45) is 0.0753. The van der Waals surface area contributed by atoms with Gasteiger partial charge in [-0.2, -0.15) is 0 Å². The van der Waals surface area contributed by atoms with Crippen molar-refractivity contribution >= 4 is 23.2 Å². The van der Waals surface area contributed by atoms with Gasteiger partial charge in [-0.1, -0.05) is 17.7 Å². The number of hydrogen-bond acceptors (Lipinski definition) is 3. The van der Waals surface area contributed by atoms with Crippen molar-refractivity contribution in [2.24, 2.45) is 0 Å². The van der Waals surface area contributed by atoms with Crippen molar-refractivity contribution in [1.29, 1.82) is 0 Å². The molecule has 0 heterocycles. The van der Waals surface area contributed by atoms with Gasteiger partial charge in [0.15, 0.2) is 0 Å². The van der Waals surface area contributed by atoms with Gasteiger partial charge in [0.05, 0.1) is 18.2 Å². The van der Waals surface area contributed by atoms with Gasteiger partial charge in [0.25, 0.3) is 5.91 Å². The molecule has 0 saturated carbocycles. The topological polar surface area (TPSA) is 47.6 Å². The van der Waals surface area contributed by atoms with Crippen molar-refractivity contribution in [3.63, 3.8) is 0 Å². The molecule has 0 bridgehead atoms. The van der Waals surface area contributed by atoms with Crippen LogP contribution < -0.4 is 14.8 Å². The smallest absolute Gasteiger partial charge is 0.255 e. The van der Waals surface area contributed by atoms with E-state index in [0.717, 1.165) is 0 Å². The van der Waals surface area contributed by atoms with E-state index in [0.29, 0.717) is 27.8 Å². The highest BCUT2D eigenvalue weighted by atomic mass is 35.5. The molecule has 0 aliphatic carbocycles. The van der Waals surface area contributed by atoms with Gasteiger partial charge < -0.3 is 14.8 Å². The van der Waals surface area contributed by atoms with Crippen LogP contribution in [-0.4, -0.2) is 19.1 Å². The predicted molar refractivity (Wildman–Crippen MR) is 88.2 cm³/mol.